The molecule has 3 rings (SSSR count). The normalized spacial score (nSPS) is 23.1. The number of hydrogen-bond donors (Lipinski definition) is 1. The standard InChI is InChI=1S/C17H28N2O2.C11H17Br/c1-10(2)16(21)19-8-12-7-13(9-19)14(12)15(20)18-17(5,6)11(3)4;1-4-6-7-8-9-11(12)10(3)5-2/h10,12-14H,3,7-9H2,1-2,4-6H3,(H,18,20);5,7-9H,4,6H2,1-3H3/b;8-7-,10-5+,11-9+/t12-,13?,14?;/m0./s1. The Bertz CT molecular complexity index is 780. The molecule has 0 aromatic rings. The fourth-order valence-electron chi connectivity index (χ4n) is 4.04. The highest BCUT2D eigenvalue weighted by Crippen LogP contribution is 2.46. The smallest absolute Gasteiger partial charge is 0.225 e. The van der Waals surface area contributed by atoms with Crippen LogP contribution in [0.15, 0.2) is 46.5 Å². The van der Waals surface area contributed by atoms with Crippen LogP contribution in [0.5, 0.6) is 0 Å². The Morgan fingerprint density at radius 2 is 1.79 bits per heavy atom. The number of amides is 2. The van der Waals surface area contributed by atoms with Gasteiger partial charge in [0.15, 0.2) is 0 Å². The third-order valence-electron chi connectivity index (χ3n) is 6.79. The lowest BCUT2D eigenvalue weighted by Gasteiger charge is -2.53. The van der Waals surface area contributed by atoms with Crippen LogP contribution in [-0.4, -0.2) is 35.3 Å². The van der Waals surface area contributed by atoms with E-state index in [0.29, 0.717) is 11.8 Å². The number of carbonyl (C=O) groups is 2. The summed E-state index contributed by atoms with van der Waals surface area (Å²) in [4.78, 5) is 26.5. The van der Waals surface area contributed by atoms with E-state index in [-0.39, 0.29) is 29.2 Å². The van der Waals surface area contributed by atoms with Gasteiger partial charge in [-0.05, 0) is 70.9 Å². The van der Waals surface area contributed by atoms with Crippen LogP contribution in [0.25, 0.3) is 0 Å². The molecule has 2 heterocycles. The topological polar surface area (TPSA) is 49.4 Å². The summed E-state index contributed by atoms with van der Waals surface area (Å²) in [5.41, 5.74) is 1.86. The van der Waals surface area contributed by atoms with E-state index >= 15 is 0 Å². The predicted molar refractivity (Wildman–Crippen MR) is 144 cm³/mol. The first-order valence-electron chi connectivity index (χ1n) is 12.3. The van der Waals surface area contributed by atoms with Gasteiger partial charge in [-0.1, -0.05) is 73.5 Å². The number of nitrogens with zero attached hydrogens (tertiary/aromatic N) is 1. The van der Waals surface area contributed by atoms with Gasteiger partial charge in [0.1, 0.15) is 0 Å². The summed E-state index contributed by atoms with van der Waals surface area (Å²) in [6.07, 6.45) is 11.9. The Balaban J connectivity index is 0.000000389. The Kier molecular flexibility index (Phi) is 11.9. The molecule has 0 aromatic heterocycles. The second-order valence-corrected chi connectivity index (χ2v) is 11.1. The largest absolute Gasteiger partial charge is 0.347 e. The van der Waals surface area contributed by atoms with Crippen molar-refractivity contribution >= 4 is 27.7 Å². The maximum absolute atomic E-state index is 12.5. The van der Waals surface area contributed by atoms with Crippen LogP contribution in [-0.2, 0) is 9.59 Å². The minimum absolute atomic E-state index is 0.0390. The Labute approximate surface area is 210 Å². The molecule has 0 radical (unpaired) electrons. The van der Waals surface area contributed by atoms with Crippen molar-refractivity contribution in [3.8, 4) is 0 Å². The van der Waals surface area contributed by atoms with Crippen molar-refractivity contribution in [1.29, 1.82) is 0 Å². The minimum Gasteiger partial charge on any atom is -0.347 e. The second kappa shape index (κ2) is 13.3. The molecular weight excluding hydrogens is 476 g/mol. The number of allylic oxidation sites excluding steroid dienone is 6. The molecule has 2 unspecified atom stereocenters. The maximum Gasteiger partial charge on any atom is 0.225 e. The SMILES string of the molecule is C/C=C(C)/C(Br)=C\C=C/CCC.C=C(C)C(C)(C)NC(=O)C1C2C[C@H]1CN(C(=O)C(C)C)C2. The molecule has 186 valence electrons. The molecule has 33 heavy (non-hydrogen) atoms. The summed E-state index contributed by atoms with van der Waals surface area (Å²) in [7, 11) is 0. The van der Waals surface area contributed by atoms with Crippen molar-refractivity contribution in [1.82, 2.24) is 10.2 Å². The fraction of sp³-hybridized carbons (Fsp3) is 0.643. The highest BCUT2D eigenvalue weighted by atomic mass is 79.9. The van der Waals surface area contributed by atoms with Crippen molar-refractivity contribution in [3.63, 3.8) is 0 Å². The zero-order valence-electron chi connectivity index (χ0n) is 22.0. The lowest BCUT2D eigenvalue weighted by molar-refractivity contribution is -0.154. The van der Waals surface area contributed by atoms with Crippen molar-refractivity contribution in [2.45, 2.75) is 80.2 Å². The highest BCUT2D eigenvalue weighted by molar-refractivity contribution is 9.12. The van der Waals surface area contributed by atoms with Gasteiger partial charge in [-0.25, -0.2) is 0 Å². The van der Waals surface area contributed by atoms with Gasteiger partial charge >= 0.3 is 0 Å². The summed E-state index contributed by atoms with van der Waals surface area (Å²) >= 11 is 3.50. The van der Waals surface area contributed by atoms with Crippen LogP contribution < -0.4 is 5.32 Å². The molecule has 3 aliphatic rings. The average Bonchev–Trinajstić information content (AvgIpc) is 2.75. The van der Waals surface area contributed by atoms with E-state index in [1.807, 2.05) is 46.4 Å². The number of rotatable bonds is 8. The lowest BCUT2D eigenvalue weighted by Crippen LogP contribution is -2.62. The van der Waals surface area contributed by atoms with Gasteiger partial charge in [0, 0.05) is 29.4 Å². The summed E-state index contributed by atoms with van der Waals surface area (Å²) in [5, 5.41) is 3.11. The van der Waals surface area contributed by atoms with E-state index in [1.54, 1.807) is 0 Å². The number of halogens is 1. The van der Waals surface area contributed by atoms with E-state index in [2.05, 4.69) is 66.0 Å². The first-order chi connectivity index (χ1) is 15.3. The molecule has 0 aromatic carbocycles. The van der Waals surface area contributed by atoms with Crippen molar-refractivity contribution in [2.75, 3.05) is 13.1 Å². The van der Waals surface area contributed by atoms with Crippen LogP contribution in [0.1, 0.15) is 74.7 Å². The van der Waals surface area contributed by atoms with E-state index in [1.165, 1.54) is 12.0 Å². The molecule has 1 N–H and O–H groups in total. The molecule has 2 amide bonds. The molecule has 3 atom stereocenters. The molecule has 5 heteroatoms. The minimum atomic E-state index is -0.367. The van der Waals surface area contributed by atoms with Crippen molar-refractivity contribution < 1.29 is 9.59 Å². The van der Waals surface area contributed by atoms with Gasteiger partial charge in [-0.3, -0.25) is 9.59 Å². The number of carbonyl (C=O) groups excluding carboxylic acids is 2. The van der Waals surface area contributed by atoms with E-state index in [9.17, 15) is 9.59 Å². The zero-order valence-corrected chi connectivity index (χ0v) is 23.6. The molecule has 4 nitrogen and oxygen atoms in total. The Morgan fingerprint density at radius 1 is 1.21 bits per heavy atom. The number of nitrogens with one attached hydrogen (secondary N) is 1. The van der Waals surface area contributed by atoms with Gasteiger partial charge in [0.05, 0.1) is 5.54 Å². The Morgan fingerprint density at radius 3 is 2.24 bits per heavy atom. The van der Waals surface area contributed by atoms with Crippen molar-refractivity contribution in [3.05, 3.63) is 46.5 Å². The van der Waals surface area contributed by atoms with E-state index in [0.717, 1.165) is 36.0 Å². The average molecular weight is 522 g/mol. The summed E-state index contributed by atoms with van der Waals surface area (Å²) in [5.74, 6) is 1.10. The number of unbranched alkanes of at least 4 members (excludes halogenated alkanes) is 1. The number of fused-ring (bicyclic) bond motifs is 2. The van der Waals surface area contributed by atoms with E-state index < -0.39 is 0 Å². The lowest BCUT2D eigenvalue weighted by atomic mass is 9.61. The Hall–Kier alpha value is -1.62. The van der Waals surface area contributed by atoms with Crippen LogP contribution in [0.3, 0.4) is 0 Å². The predicted octanol–water partition coefficient (Wildman–Crippen LogP) is 6.80. The first kappa shape index (κ1) is 29.4. The molecule has 2 saturated heterocycles. The maximum atomic E-state index is 12.5. The first-order valence-corrected chi connectivity index (χ1v) is 13.1. The van der Waals surface area contributed by atoms with Crippen LogP contribution >= 0.6 is 15.9 Å². The monoisotopic (exact) mass is 520 g/mol. The number of piperidine rings is 2. The zero-order chi connectivity index (χ0) is 25.3. The number of hydrogen-bond acceptors (Lipinski definition) is 2. The van der Waals surface area contributed by atoms with Gasteiger partial charge in [0.2, 0.25) is 11.8 Å². The van der Waals surface area contributed by atoms with Gasteiger partial charge in [0.25, 0.3) is 0 Å². The highest BCUT2D eigenvalue weighted by Gasteiger charge is 2.51. The summed E-state index contributed by atoms with van der Waals surface area (Å²) in [6.45, 7) is 21.5. The van der Waals surface area contributed by atoms with E-state index in [4.69, 9.17) is 0 Å². The molecule has 3 fully saturated rings. The molecule has 0 spiro atoms. The fourth-order valence-corrected chi connectivity index (χ4v) is 4.43. The third-order valence-corrected chi connectivity index (χ3v) is 7.68. The van der Waals surface area contributed by atoms with Gasteiger partial charge < -0.3 is 10.2 Å². The molecule has 1 aliphatic carbocycles. The van der Waals surface area contributed by atoms with Crippen LogP contribution in [0, 0.1) is 23.7 Å². The molecule has 2 bridgehead atoms. The van der Waals surface area contributed by atoms with Crippen molar-refractivity contribution in [2.24, 2.45) is 23.7 Å². The van der Waals surface area contributed by atoms with Gasteiger partial charge in [-0.15, -0.1) is 0 Å². The van der Waals surface area contributed by atoms with Gasteiger partial charge in [-0.2, -0.15) is 0 Å². The molecule has 2 aliphatic heterocycles. The second-order valence-electron chi connectivity index (χ2n) is 10.3. The van der Waals surface area contributed by atoms with Crippen LogP contribution in [0.2, 0.25) is 0 Å². The third kappa shape index (κ3) is 8.59. The summed E-state index contributed by atoms with van der Waals surface area (Å²) in [6, 6.07) is 0. The molecule has 1 saturated carbocycles. The molecular formula is C28H45BrN2O2. The quantitative estimate of drug-likeness (QED) is 0.282. The summed E-state index contributed by atoms with van der Waals surface area (Å²) < 4.78 is 1.16. The van der Waals surface area contributed by atoms with Crippen LogP contribution in [0.4, 0.5) is 0 Å².